The summed E-state index contributed by atoms with van der Waals surface area (Å²) in [6.45, 7) is 13.1. The van der Waals surface area contributed by atoms with E-state index >= 15 is 0 Å². The van der Waals surface area contributed by atoms with Crippen LogP contribution in [0.15, 0.2) is 11.6 Å². The fourth-order valence-corrected chi connectivity index (χ4v) is 9.29. The molecule has 0 radical (unpaired) electrons. The molecule has 3 saturated carbocycles. The molecule has 4 rings (SSSR count). The molecule has 37 heavy (non-hydrogen) atoms. The van der Waals surface area contributed by atoms with Gasteiger partial charge in [0.25, 0.3) is 0 Å². The lowest BCUT2D eigenvalue weighted by atomic mass is 9.46. The number of carbonyl (C=O) groups excluding carboxylic acids is 2. The van der Waals surface area contributed by atoms with Gasteiger partial charge < -0.3 is 14.6 Å². The molecule has 0 amide bonds. The Balaban J connectivity index is 1.54. The molecule has 0 aromatic rings. The van der Waals surface area contributed by atoms with E-state index in [1.807, 2.05) is 0 Å². The minimum atomic E-state index is -1.28. The van der Waals surface area contributed by atoms with Crippen molar-refractivity contribution in [3.8, 4) is 0 Å². The number of esters is 2. The summed E-state index contributed by atoms with van der Waals surface area (Å²) in [6.07, 6.45) is 8.80. The predicted molar refractivity (Wildman–Crippen MR) is 141 cm³/mol. The molecule has 10 atom stereocenters. The fraction of sp³-hybridized carbons (Fsp3) is 0.871. The minimum Gasteiger partial charge on any atom is -0.462 e. The highest BCUT2D eigenvalue weighted by molar-refractivity contribution is 5.67. The average molecular weight is 521 g/mol. The van der Waals surface area contributed by atoms with Gasteiger partial charge in [-0.3, -0.25) is 9.59 Å². The first-order chi connectivity index (χ1) is 17.2. The summed E-state index contributed by atoms with van der Waals surface area (Å²) in [7, 11) is 0. The Hall–Kier alpha value is -1.43. The van der Waals surface area contributed by atoms with Gasteiger partial charge in [-0.25, -0.2) is 4.39 Å². The number of fused-ring (bicyclic) bond motifs is 5. The molecule has 3 fully saturated rings. The average Bonchev–Trinajstić information content (AvgIpc) is 3.14. The lowest BCUT2D eigenvalue weighted by Crippen LogP contribution is -2.57. The number of ether oxygens (including phenoxy) is 2. The number of allylic oxidation sites excluding steroid dienone is 1. The Labute approximate surface area is 222 Å². The van der Waals surface area contributed by atoms with Crippen molar-refractivity contribution >= 4 is 11.9 Å². The van der Waals surface area contributed by atoms with Crippen LogP contribution < -0.4 is 0 Å². The fourth-order valence-electron chi connectivity index (χ4n) is 9.29. The summed E-state index contributed by atoms with van der Waals surface area (Å²) in [4.78, 5) is 23.9. The highest BCUT2D eigenvalue weighted by Crippen LogP contribution is 2.67. The SMILES string of the molecule is CC(=O)O[C@@H]1CC2=CC[C@H]3[C@@H]4CC[C@H]([C@H](C)CC[C@H](F)C(C)(C)O)[C@@]4(C)CC[C@@H]3[C@@]2(C)[C@@H](OC(C)=O)C1. The number of hydrogen-bond acceptors (Lipinski definition) is 5. The van der Waals surface area contributed by atoms with Gasteiger partial charge in [0, 0.05) is 32.1 Å². The van der Waals surface area contributed by atoms with E-state index in [2.05, 4.69) is 26.8 Å². The molecule has 0 aliphatic heterocycles. The van der Waals surface area contributed by atoms with Crippen molar-refractivity contribution in [3.63, 3.8) is 0 Å². The van der Waals surface area contributed by atoms with Crippen LogP contribution in [0.3, 0.4) is 0 Å². The molecule has 0 aromatic heterocycles. The Morgan fingerprint density at radius 1 is 1.11 bits per heavy atom. The zero-order valence-electron chi connectivity index (χ0n) is 24.0. The Morgan fingerprint density at radius 2 is 1.78 bits per heavy atom. The third kappa shape index (κ3) is 5.25. The first-order valence-corrected chi connectivity index (χ1v) is 14.6. The summed E-state index contributed by atoms with van der Waals surface area (Å²) in [5.41, 5.74) is 0.0118. The first kappa shape index (κ1) is 28.6. The number of alkyl halides is 1. The van der Waals surface area contributed by atoms with E-state index < -0.39 is 11.8 Å². The van der Waals surface area contributed by atoms with Crippen molar-refractivity contribution in [1.29, 1.82) is 0 Å². The predicted octanol–water partition coefficient (Wildman–Crippen LogP) is 6.56. The van der Waals surface area contributed by atoms with Crippen LogP contribution in [0.2, 0.25) is 0 Å². The van der Waals surface area contributed by atoms with Crippen LogP contribution in [0.5, 0.6) is 0 Å². The Morgan fingerprint density at radius 3 is 2.41 bits per heavy atom. The Kier molecular flexibility index (Phi) is 7.94. The van der Waals surface area contributed by atoms with Gasteiger partial charge in [-0.15, -0.1) is 0 Å². The van der Waals surface area contributed by atoms with E-state index in [0.29, 0.717) is 42.4 Å². The highest BCUT2D eigenvalue weighted by Gasteiger charge is 2.62. The number of aliphatic hydroxyl groups is 1. The monoisotopic (exact) mass is 520 g/mol. The van der Waals surface area contributed by atoms with Crippen LogP contribution in [-0.2, 0) is 19.1 Å². The van der Waals surface area contributed by atoms with Crippen molar-refractivity contribution < 1.29 is 28.6 Å². The van der Waals surface area contributed by atoms with Gasteiger partial charge in [0.2, 0.25) is 0 Å². The molecule has 0 spiro atoms. The van der Waals surface area contributed by atoms with Crippen LogP contribution in [-0.4, -0.2) is 41.0 Å². The standard InChI is InChI=1S/C31H49FO5/c1-18(8-13-27(32)29(4,5)35)24-11-12-25-23-10-9-21-16-22(36-19(2)33)17-28(37-20(3)34)31(21,7)26(23)14-15-30(24,25)6/h9,18,22-28,35H,8,10-17H2,1-7H3/t18-,22-,23+,24-,25+,26+,27+,28+,30-,31+/m1/s1. The van der Waals surface area contributed by atoms with Crippen LogP contribution in [0.25, 0.3) is 0 Å². The first-order valence-electron chi connectivity index (χ1n) is 14.6. The van der Waals surface area contributed by atoms with Gasteiger partial charge in [0.1, 0.15) is 18.4 Å². The zero-order valence-corrected chi connectivity index (χ0v) is 24.0. The van der Waals surface area contributed by atoms with E-state index in [-0.39, 0.29) is 35.0 Å². The molecule has 0 saturated heterocycles. The van der Waals surface area contributed by atoms with Crippen LogP contribution in [0, 0.1) is 40.4 Å². The van der Waals surface area contributed by atoms with Crippen LogP contribution in [0.1, 0.15) is 106 Å². The molecule has 0 bridgehead atoms. The summed E-state index contributed by atoms with van der Waals surface area (Å²) in [5.74, 6) is 2.01. The number of rotatable bonds is 7. The maximum absolute atomic E-state index is 14.5. The molecule has 0 aromatic carbocycles. The highest BCUT2D eigenvalue weighted by atomic mass is 19.1. The van der Waals surface area contributed by atoms with Gasteiger partial charge >= 0.3 is 11.9 Å². The largest absolute Gasteiger partial charge is 0.462 e. The quantitative estimate of drug-likeness (QED) is 0.304. The van der Waals surface area contributed by atoms with E-state index in [0.717, 1.165) is 32.1 Å². The van der Waals surface area contributed by atoms with Crippen molar-refractivity contribution in [2.75, 3.05) is 0 Å². The zero-order chi connectivity index (χ0) is 27.3. The normalized spacial score (nSPS) is 40.9. The van der Waals surface area contributed by atoms with E-state index in [4.69, 9.17) is 9.47 Å². The molecule has 4 aliphatic rings. The summed E-state index contributed by atoms with van der Waals surface area (Å²) in [6, 6.07) is 0. The summed E-state index contributed by atoms with van der Waals surface area (Å²) < 4.78 is 26.1. The lowest BCUT2D eigenvalue weighted by molar-refractivity contribution is -0.172. The van der Waals surface area contributed by atoms with Gasteiger partial charge in [-0.2, -0.15) is 0 Å². The molecule has 0 unspecified atom stereocenters. The number of halogens is 1. The van der Waals surface area contributed by atoms with Crippen LogP contribution >= 0.6 is 0 Å². The summed E-state index contributed by atoms with van der Waals surface area (Å²) >= 11 is 0. The maximum atomic E-state index is 14.5. The smallest absolute Gasteiger partial charge is 0.302 e. The molecule has 4 aliphatic carbocycles. The van der Waals surface area contributed by atoms with Gasteiger partial charge in [0.15, 0.2) is 0 Å². The maximum Gasteiger partial charge on any atom is 0.302 e. The van der Waals surface area contributed by atoms with Crippen molar-refractivity contribution in [2.24, 2.45) is 40.4 Å². The molecule has 5 nitrogen and oxygen atoms in total. The third-order valence-corrected chi connectivity index (χ3v) is 11.2. The second-order valence-electron chi connectivity index (χ2n) is 13.8. The van der Waals surface area contributed by atoms with Crippen molar-refractivity contribution in [2.45, 2.75) is 130 Å². The van der Waals surface area contributed by atoms with Gasteiger partial charge in [0.05, 0.1) is 5.60 Å². The van der Waals surface area contributed by atoms with E-state index in [1.165, 1.54) is 32.3 Å². The topological polar surface area (TPSA) is 72.8 Å². The molecule has 1 N–H and O–H groups in total. The molecular weight excluding hydrogens is 471 g/mol. The number of hydrogen-bond donors (Lipinski definition) is 1. The van der Waals surface area contributed by atoms with Gasteiger partial charge in [-0.1, -0.05) is 32.4 Å². The third-order valence-electron chi connectivity index (χ3n) is 11.2. The van der Waals surface area contributed by atoms with E-state index in [1.54, 1.807) is 13.8 Å². The molecule has 6 heteroatoms. The van der Waals surface area contributed by atoms with E-state index in [9.17, 15) is 19.1 Å². The lowest BCUT2D eigenvalue weighted by Gasteiger charge is -2.60. The summed E-state index contributed by atoms with van der Waals surface area (Å²) in [5, 5.41) is 10.0. The molecule has 0 heterocycles. The minimum absolute atomic E-state index is 0.231. The van der Waals surface area contributed by atoms with Crippen molar-refractivity contribution in [3.05, 3.63) is 11.6 Å². The van der Waals surface area contributed by atoms with Crippen molar-refractivity contribution in [1.82, 2.24) is 0 Å². The Bertz CT molecular complexity index is 908. The molecule has 210 valence electrons. The molecular formula is C31H49FO5. The van der Waals surface area contributed by atoms with Crippen LogP contribution in [0.4, 0.5) is 4.39 Å². The second kappa shape index (κ2) is 10.3. The second-order valence-corrected chi connectivity index (χ2v) is 13.8. The van der Waals surface area contributed by atoms with Gasteiger partial charge in [-0.05, 0) is 93.8 Å². The number of carbonyl (C=O) groups is 2.